The van der Waals surface area contributed by atoms with Crippen molar-refractivity contribution in [1.29, 1.82) is 0 Å². The van der Waals surface area contributed by atoms with Gasteiger partial charge in [-0.05, 0) is 30.7 Å². The number of benzene rings is 1. The maximum absolute atomic E-state index is 4.67. The monoisotopic (exact) mass is 363 g/mol. The van der Waals surface area contributed by atoms with Crippen molar-refractivity contribution in [2.24, 2.45) is 0 Å². The summed E-state index contributed by atoms with van der Waals surface area (Å²) in [6, 6.07) is 5.79. The Labute approximate surface area is 151 Å². The van der Waals surface area contributed by atoms with E-state index >= 15 is 0 Å². The molecule has 0 atom stereocenters. The van der Waals surface area contributed by atoms with Crippen LogP contribution in [-0.4, -0.2) is 43.5 Å². The van der Waals surface area contributed by atoms with Crippen LogP contribution in [0.1, 0.15) is 18.3 Å². The van der Waals surface area contributed by atoms with Gasteiger partial charge in [0, 0.05) is 19.2 Å². The Bertz CT molecular complexity index is 1220. The van der Waals surface area contributed by atoms with E-state index in [2.05, 4.69) is 41.0 Å². The van der Waals surface area contributed by atoms with Gasteiger partial charge < -0.3 is 0 Å². The van der Waals surface area contributed by atoms with Gasteiger partial charge in [0.2, 0.25) is 0 Å². The van der Waals surface area contributed by atoms with Gasteiger partial charge in [0.05, 0.1) is 29.8 Å². The molecule has 5 rings (SSSR count). The zero-order chi connectivity index (χ0) is 17.5. The Morgan fingerprint density at radius 3 is 2.88 bits per heavy atom. The zero-order valence-electron chi connectivity index (χ0n) is 13.8. The first-order chi connectivity index (χ1) is 12.8. The first-order valence-corrected chi connectivity index (χ1v) is 8.84. The summed E-state index contributed by atoms with van der Waals surface area (Å²) in [5, 5.41) is 12.7. The Balaban J connectivity index is 1.55. The molecule has 26 heavy (non-hydrogen) atoms. The molecule has 0 aliphatic carbocycles. The Morgan fingerprint density at radius 2 is 2.00 bits per heavy atom. The van der Waals surface area contributed by atoms with Crippen LogP contribution in [0.5, 0.6) is 0 Å². The van der Waals surface area contributed by atoms with Crippen LogP contribution in [0.3, 0.4) is 0 Å². The summed E-state index contributed by atoms with van der Waals surface area (Å²) in [4.78, 5) is 9.07. The highest BCUT2D eigenvalue weighted by Crippen LogP contribution is 2.19. The molecule has 0 spiro atoms. The Morgan fingerprint density at radius 1 is 1.08 bits per heavy atom. The van der Waals surface area contributed by atoms with Gasteiger partial charge in [0.15, 0.2) is 11.2 Å². The van der Waals surface area contributed by atoms with Crippen LogP contribution in [0, 0.1) is 0 Å². The molecule has 0 aliphatic rings. The van der Waals surface area contributed by atoms with Crippen molar-refractivity contribution in [2.45, 2.75) is 19.9 Å². The lowest BCUT2D eigenvalue weighted by molar-refractivity contribution is 0.659. The van der Waals surface area contributed by atoms with Gasteiger partial charge in [0.1, 0.15) is 16.9 Å². The van der Waals surface area contributed by atoms with Crippen LogP contribution in [0.2, 0.25) is 0 Å². The Hall–Kier alpha value is -3.27. The average Bonchev–Trinajstić information content (AvgIpc) is 3.40. The van der Waals surface area contributed by atoms with Gasteiger partial charge in [-0.3, -0.25) is 4.68 Å². The van der Waals surface area contributed by atoms with E-state index in [0.29, 0.717) is 23.4 Å². The topological polar surface area (TPSA) is 100 Å². The number of aromatic nitrogens is 9. The van der Waals surface area contributed by atoms with Crippen molar-refractivity contribution >= 4 is 33.9 Å². The van der Waals surface area contributed by atoms with Crippen molar-refractivity contribution < 1.29 is 0 Å². The minimum Gasteiger partial charge on any atom is -0.273 e. The van der Waals surface area contributed by atoms with Crippen LogP contribution in [-0.2, 0) is 13.0 Å². The van der Waals surface area contributed by atoms with E-state index in [1.54, 1.807) is 10.9 Å². The number of rotatable bonds is 4. The normalized spacial score (nSPS) is 11.6. The van der Waals surface area contributed by atoms with Crippen molar-refractivity contribution in [2.75, 3.05) is 0 Å². The van der Waals surface area contributed by atoms with Gasteiger partial charge in [-0.2, -0.15) is 18.5 Å². The van der Waals surface area contributed by atoms with E-state index in [0.717, 1.165) is 28.8 Å². The summed E-state index contributed by atoms with van der Waals surface area (Å²) in [7, 11) is 0. The number of fused-ring (bicyclic) bond motifs is 2. The highest BCUT2D eigenvalue weighted by atomic mass is 32.1. The molecule has 0 saturated carbocycles. The van der Waals surface area contributed by atoms with E-state index in [9.17, 15) is 0 Å². The molecule has 0 bridgehead atoms. The van der Waals surface area contributed by atoms with E-state index in [4.69, 9.17) is 0 Å². The number of aryl methyl sites for hydroxylation is 1. The summed E-state index contributed by atoms with van der Waals surface area (Å²) >= 11 is 1.19. The predicted octanol–water partition coefficient (Wildman–Crippen LogP) is 2.02. The zero-order valence-corrected chi connectivity index (χ0v) is 14.6. The third-order valence-electron chi connectivity index (χ3n) is 4.10. The third kappa shape index (κ3) is 2.51. The summed E-state index contributed by atoms with van der Waals surface area (Å²) in [5.74, 6) is 0.702. The molecule has 1 aromatic carbocycles. The Kier molecular flexibility index (Phi) is 3.42. The molecule has 4 heterocycles. The van der Waals surface area contributed by atoms with E-state index < -0.39 is 0 Å². The van der Waals surface area contributed by atoms with Crippen molar-refractivity contribution in [3.8, 4) is 5.69 Å². The predicted molar refractivity (Wildman–Crippen MR) is 96.1 cm³/mol. The van der Waals surface area contributed by atoms with Crippen LogP contribution >= 0.6 is 11.7 Å². The van der Waals surface area contributed by atoms with Gasteiger partial charge >= 0.3 is 0 Å². The summed E-state index contributed by atoms with van der Waals surface area (Å²) in [6.07, 6.45) is 6.16. The lowest BCUT2D eigenvalue weighted by Crippen LogP contribution is -2.01. The highest BCUT2D eigenvalue weighted by Gasteiger charge is 2.12. The number of nitrogens with zero attached hydrogens (tertiary/aromatic N) is 9. The third-order valence-corrected chi connectivity index (χ3v) is 4.65. The molecule has 10 heteroatoms. The van der Waals surface area contributed by atoms with Gasteiger partial charge in [0.25, 0.3) is 0 Å². The minimum absolute atomic E-state index is 0.607. The second kappa shape index (κ2) is 5.92. The molecular weight excluding hydrogens is 350 g/mol. The molecule has 0 unspecified atom stereocenters. The van der Waals surface area contributed by atoms with Crippen LogP contribution < -0.4 is 0 Å². The number of hydrogen-bond acceptors (Lipinski definition) is 8. The quantitative estimate of drug-likeness (QED) is 0.481. The smallest absolute Gasteiger partial charge is 0.187 e. The lowest BCUT2D eigenvalue weighted by atomic mass is 10.2. The first kappa shape index (κ1) is 15.0. The highest BCUT2D eigenvalue weighted by molar-refractivity contribution is 7.00. The second-order valence-electron chi connectivity index (χ2n) is 5.81. The minimum atomic E-state index is 0.607. The molecule has 0 saturated heterocycles. The summed E-state index contributed by atoms with van der Waals surface area (Å²) in [5.41, 5.74) is 4.93. The summed E-state index contributed by atoms with van der Waals surface area (Å²) in [6.45, 7) is 2.89. The van der Waals surface area contributed by atoms with Crippen molar-refractivity contribution in [3.05, 3.63) is 48.2 Å². The van der Waals surface area contributed by atoms with Crippen LogP contribution in [0.4, 0.5) is 0 Å². The molecule has 128 valence electrons. The maximum Gasteiger partial charge on any atom is 0.187 e. The van der Waals surface area contributed by atoms with E-state index in [-0.39, 0.29) is 0 Å². The van der Waals surface area contributed by atoms with Crippen molar-refractivity contribution in [3.63, 3.8) is 0 Å². The SMILES string of the molecule is CCn1cc(Cc2ncc3nnn(-c4ccc5nsnc5c4)c3n2)cn1. The van der Waals surface area contributed by atoms with Crippen molar-refractivity contribution in [1.82, 2.24) is 43.5 Å². The van der Waals surface area contributed by atoms with Gasteiger partial charge in [-0.25, -0.2) is 9.97 Å². The van der Waals surface area contributed by atoms with E-state index in [1.807, 2.05) is 35.3 Å². The standard InChI is InChI=1S/C16H13N9S/c1-2-24-9-10(7-18-24)5-15-17-8-14-16(19-15)25(23-20-14)11-3-4-12-13(6-11)22-26-21-12/h3-4,6-9H,2,5H2,1H3. The second-order valence-corrected chi connectivity index (χ2v) is 6.34. The summed E-state index contributed by atoms with van der Waals surface area (Å²) < 4.78 is 12.1. The fraction of sp³-hybridized carbons (Fsp3) is 0.188. The molecule has 9 nitrogen and oxygen atoms in total. The molecule has 0 amide bonds. The van der Waals surface area contributed by atoms with Gasteiger partial charge in [-0.15, -0.1) is 5.10 Å². The largest absolute Gasteiger partial charge is 0.273 e. The molecule has 0 radical (unpaired) electrons. The molecular formula is C16H13N9S. The molecule has 5 aromatic rings. The van der Waals surface area contributed by atoms with Crippen LogP contribution in [0.25, 0.3) is 27.9 Å². The maximum atomic E-state index is 4.67. The lowest BCUT2D eigenvalue weighted by Gasteiger charge is -2.02. The molecule has 0 N–H and O–H groups in total. The van der Waals surface area contributed by atoms with E-state index in [1.165, 1.54) is 11.7 Å². The van der Waals surface area contributed by atoms with Crippen LogP contribution in [0.15, 0.2) is 36.8 Å². The fourth-order valence-corrected chi connectivity index (χ4v) is 3.30. The molecule has 0 fully saturated rings. The first-order valence-electron chi connectivity index (χ1n) is 8.11. The fourth-order valence-electron chi connectivity index (χ4n) is 2.78. The van der Waals surface area contributed by atoms with Gasteiger partial charge in [-0.1, -0.05) is 5.21 Å². The molecule has 4 aromatic heterocycles. The molecule has 0 aliphatic heterocycles. The average molecular weight is 363 g/mol. The number of hydrogen-bond donors (Lipinski definition) is 0.